The van der Waals surface area contributed by atoms with E-state index < -0.39 is 0 Å². The number of likely N-dealkylation sites (N-methyl/N-ethyl adjacent to an activating group) is 1. The predicted octanol–water partition coefficient (Wildman–Crippen LogP) is 3.97. The van der Waals surface area contributed by atoms with E-state index in [1.807, 2.05) is 62.2 Å². The van der Waals surface area contributed by atoms with Crippen LogP contribution in [0.5, 0.6) is 0 Å². The molecule has 1 aromatic rings. The standard InChI is InChI=1S/C14H17NS/c1-5-13(11(2)3)14(16)15(4)12-9-7-6-8-10-12/h5-10H,2H2,1,3-4H3/b13-5+. The second kappa shape index (κ2) is 5.61. The van der Waals surface area contributed by atoms with Crippen molar-refractivity contribution in [3.63, 3.8) is 0 Å². The summed E-state index contributed by atoms with van der Waals surface area (Å²) in [4.78, 5) is 2.81. The lowest BCUT2D eigenvalue weighted by atomic mass is 10.1. The Labute approximate surface area is 103 Å². The predicted molar refractivity (Wildman–Crippen MR) is 76.0 cm³/mol. The molecule has 1 rings (SSSR count). The average Bonchev–Trinajstić information content (AvgIpc) is 2.29. The van der Waals surface area contributed by atoms with E-state index in [9.17, 15) is 0 Å². The van der Waals surface area contributed by atoms with Gasteiger partial charge in [0.15, 0.2) is 0 Å². The Morgan fingerprint density at radius 3 is 2.31 bits per heavy atom. The largest absolute Gasteiger partial charge is 0.335 e. The van der Waals surface area contributed by atoms with Crippen molar-refractivity contribution in [2.24, 2.45) is 0 Å². The lowest BCUT2D eigenvalue weighted by Gasteiger charge is -2.22. The minimum absolute atomic E-state index is 0.807. The molecule has 0 fully saturated rings. The Hall–Kier alpha value is -1.41. The summed E-state index contributed by atoms with van der Waals surface area (Å²) in [6.07, 6.45) is 2.00. The van der Waals surface area contributed by atoms with Gasteiger partial charge in [0.25, 0.3) is 0 Å². The fourth-order valence-corrected chi connectivity index (χ4v) is 1.90. The first kappa shape index (κ1) is 12.7. The molecule has 0 spiro atoms. The highest BCUT2D eigenvalue weighted by molar-refractivity contribution is 7.81. The average molecular weight is 231 g/mol. The second-order valence-corrected chi connectivity index (χ2v) is 4.07. The topological polar surface area (TPSA) is 3.24 Å². The highest BCUT2D eigenvalue weighted by atomic mass is 32.1. The summed E-state index contributed by atoms with van der Waals surface area (Å²) in [5, 5.41) is 0. The molecule has 0 saturated carbocycles. The van der Waals surface area contributed by atoms with Crippen LogP contribution >= 0.6 is 12.2 Å². The Morgan fingerprint density at radius 1 is 1.31 bits per heavy atom. The summed E-state index contributed by atoms with van der Waals surface area (Å²) in [6, 6.07) is 10.1. The van der Waals surface area contributed by atoms with Crippen molar-refractivity contribution in [2.45, 2.75) is 13.8 Å². The summed E-state index contributed by atoms with van der Waals surface area (Å²) in [7, 11) is 1.98. The third-order valence-electron chi connectivity index (χ3n) is 2.43. The summed E-state index contributed by atoms with van der Waals surface area (Å²) >= 11 is 5.45. The zero-order valence-corrected chi connectivity index (χ0v) is 10.8. The van der Waals surface area contributed by atoms with Crippen molar-refractivity contribution in [2.75, 3.05) is 11.9 Å². The summed E-state index contributed by atoms with van der Waals surface area (Å²) in [6.45, 7) is 7.89. The second-order valence-electron chi connectivity index (χ2n) is 3.68. The van der Waals surface area contributed by atoms with Crippen molar-refractivity contribution >= 4 is 22.9 Å². The molecule has 0 aromatic heterocycles. The Bertz CT molecular complexity index is 418. The van der Waals surface area contributed by atoms with Crippen LogP contribution in [-0.2, 0) is 0 Å². The molecule has 0 heterocycles. The SMILES string of the molecule is C=C(C)/C(=C\C)C(=S)N(C)c1ccccc1. The van der Waals surface area contributed by atoms with Crippen LogP contribution < -0.4 is 4.90 Å². The minimum Gasteiger partial charge on any atom is -0.335 e. The fourth-order valence-electron chi connectivity index (χ4n) is 1.50. The monoisotopic (exact) mass is 231 g/mol. The first-order valence-corrected chi connectivity index (χ1v) is 5.64. The van der Waals surface area contributed by atoms with Gasteiger partial charge in [0.1, 0.15) is 4.99 Å². The normalized spacial score (nSPS) is 11.1. The molecule has 16 heavy (non-hydrogen) atoms. The molecule has 1 nitrogen and oxygen atoms in total. The van der Waals surface area contributed by atoms with E-state index >= 15 is 0 Å². The molecule has 0 amide bonds. The van der Waals surface area contributed by atoms with E-state index in [1.54, 1.807) is 0 Å². The maximum Gasteiger partial charge on any atom is 0.113 e. The zero-order chi connectivity index (χ0) is 12.1. The van der Waals surface area contributed by atoms with Gasteiger partial charge in [-0.25, -0.2) is 0 Å². The molecule has 84 valence electrons. The van der Waals surface area contributed by atoms with Crippen molar-refractivity contribution in [3.8, 4) is 0 Å². The number of thiocarbonyl (C=S) groups is 1. The highest BCUT2D eigenvalue weighted by Crippen LogP contribution is 2.18. The van der Waals surface area contributed by atoms with Gasteiger partial charge >= 0.3 is 0 Å². The summed E-state index contributed by atoms with van der Waals surface area (Å²) in [5.41, 5.74) is 3.12. The molecule has 0 N–H and O–H groups in total. The smallest absolute Gasteiger partial charge is 0.113 e. The van der Waals surface area contributed by atoms with E-state index in [2.05, 4.69) is 6.58 Å². The van der Waals surface area contributed by atoms with Gasteiger partial charge in [-0.1, -0.05) is 43.1 Å². The lowest BCUT2D eigenvalue weighted by Crippen LogP contribution is -2.26. The van der Waals surface area contributed by atoms with Gasteiger partial charge in [-0.3, -0.25) is 0 Å². The molecule has 0 bridgehead atoms. The van der Waals surface area contributed by atoms with Crippen LogP contribution in [0.15, 0.2) is 54.1 Å². The molecule has 0 aliphatic heterocycles. The van der Waals surface area contributed by atoms with Crippen LogP contribution in [0.25, 0.3) is 0 Å². The number of para-hydroxylation sites is 1. The van der Waals surface area contributed by atoms with Gasteiger partial charge < -0.3 is 4.90 Å². The molecule has 0 atom stereocenters. The molecule has 0 radical (unpaired) electrons. The molecular formula is C14H17NS. The van der Waals surface area contributed by atoms with Crippen LogP contribution in [0, 0.1) is 0 Å². The lowest BCUT2D eigenvalue weighted by molar-refractivity contribution is 1.27. The van der Waals surface area contributed by atoms with Crippen molar-refractivity contribution in [1.82, 2.24) is 0 Å². The van der Waals surface area contributed by atoms with E-state index in [4.69, 9.17) is 12.2 Å². The highest BCUT2D eigenvalue weighted by Gasteiger charge is 2.11. The number of allylic oxidation sites excluding steroid dienone is 1. The van der Waals surface area contributed by atoms with Gasteiger partial charge in [-0.05, 0) is 31.6 Å². The number of anilines is 1. The van der Waals surface area contributed by atoms with Crippen LogP contribution in [0.4, 0.5) is 5.69 Å². The van der Waals surface area contributed by atoms with E-state index in [-0.39, 0.29) is 0 Å². The van der Waals surface area contributed by atoms with Crippen LogP contribution in [0.1, 0.15) is 13.8 Å². The van der Waals surface area contributed by atoms with Gasteiger partial charge in [0.2, 0.25) is 0 Å². The van der Waals surface area contributed by atoms with Gasteiger partial charge in [-0.15, -0.1) is 0 Å². The molecule has 2 heteroatoms. The van der Waals surface area contributed by atoms with Crippen molar-refractivity contribution in [3.05, 3.63) is 54.1 Å². The quantitative estimate of drug-likeness (QED) is 0.440. The molecule has 0 unspecified atom stereocenters. The first-order chi connectivity index (χ1) is 7.57. The first-order valence-electron chi connectivity index (χ1n) is 5.23. The number of hydrogen-bond donors (Lipinski definition) is 0. The van der Waals surface area contributed by atoms with Gasteiger partial charge in [-0.2, -0.15) is 0 Å². The maximum absolute atomic E-state index is 5.45. The van der Waals surface area contributed by atoms with Crippen LogP contribution in [-0.4, -0.2) is 12.0 Å². The molecule has 0 saturated heterocycles. The van der Waals surface area contributed by atoms with Crippen LogP contribution in [0.2, 0.25) is 0 Å². The third-order valence-corrected chi connectivity index (χ3v) is 2.92. The summed E-state index contributed by atoms with van der Waals surface area (Å²) < 4.78 is 0. The number of benzene rings is 1. The number of nitrogens with zero attached hydrogens (tertiary/aromatic N) is 1. The van der Waals surface area contributed by atoms with Crippen molar-refractivity contribution < 1.29 is 0 Å². The molecular weight excluding hydrogens is 214 g/mol. The number of hydrogen-bond acceptors (Lipinski definition) is 1. The Kier molecular flexibility index (Phi) is 4.44. The molecule has 1 aromatic carbocycles. The summed E-state index contributed by atoms with van der Waals surface area (Å²) in [5.74, 6) is 0. The van der Waals surface area contributed by atoms with Gasteiger partial charge in [0, 0.05) is 18.3 Å². The van der Waals surface area contributed by atoms with E-state index in [0.29, 0.717) is 0 Å². The zero-order valence-electron chi connectivity index (χ0n) is 10.0. The fraction of sp³-hybridized carbons (Fsp3) is 0.214. The van der Waals surface area contributed by atoms with Gasteiger partial charge in [0.05, 0.1) is 0 Å². The number of rotatable bonds is 3. The minimum atomic E-state index is 0.807. The maximum atomic E-state index is 5.45. The Morgan fingerprint density at radius 2 is 1.88 bits per heavy atom. The van der Waals surface area contributed by atoms with Crippen LogP contribution in [0.3, 0.4) is 0 Å². The molecule has 0 aliphatic carbocycles. The third kappa shape index (κ3) is 2.80. The van der Waals surface area contributed by atoms with E-state index in [0.717, 1.165) is 21.8 Å². The van der Waals surface area contributed by atoms with Crippen molar-refractivity contribution in [1.29, 1.82) is 0 Å². The van der Waals surface area contributed by atoms with E-state index in [1.165, 1.54) is 0 Å². The Balaban J connectivity index is 2.95. The molecule has 0 aliphatic rings.